The lowest BCUT2D eigenvalue weighted by Gasteiger charge is -2.32. The Labute approximate surface area is 198 Å². The first-order valence-corrected chi connectivity index (χ1v) is 11.3. The highest BCUT2D eigenvalue weighted by Crippen LogP contribution is 2.26. The number of piperazine rings is 1. The molecule has 0 atom stereocenters. The fourth-order valence-electron chi connectivity index (χ4n) is 3.93. The smallest absolute Gasteiger partial charge is 0.338 e. The van der Waals surface area contributed by atoms with Crippen LogP contribution in [-0.2, 0) is 18.2 Å². The molecule has 1 aliphatic heterocycles. The van der Waals surface area contributed by atoms with E-state index in [1.54, 1.807) is 16.8 Å². The van der Waals surface area contributed by atoms with Crippen LogP contribution in [0.4, 0.5) is 5.95 Å². The van der Waals surface area contributed by atoms with Crippen molar-refractivity contribution >= 4 is 23.5 Å². The third-order valence-corrected chi connectivity index (χ3v) is 5.91. The maximum absolute atomic E-state index is 12.9. The number of benzene rings is 1. The van der Waals surface area contributed by atoms with Crippen LogP contribution in [-0.4, -0.2) is 81.9 Å². The van der Waals surface area contributed by atoms with Crippen LogP contribution in [0.2, 0.25) is 5.15 Å². The average molecular weight is 470 g/mol. The van der Waals surface area contributed by atoms with Crippen molar-refractivity contribution in [3.05, 3.63) is 58.4 Å². The first kappa shape index (κ1) is 23.2. The van der Waals surface area contributed by atoms with Gasteiger partial charge in [0.05, 0.1) is 11.3 Å². The number of ether oxygens (including phenoxy) is 1. The maximum Gasteiger partial charge on any atom is 0.338 e. The van der Waals surface area contributed by atoms with Crippen molar-refractivity contribution in [3.8, 4) is 11.4 Å². The van der Waals surface area contributed by atoms with Gasteiger partial charge in [-0.25, -0.2) is 14.8 Å². The minimum absolute atomic E-state index is 0.0819. The minimum atomic E-state index is -0.320. The van der Waals surface area contributed by atoms with E-state index in [9.17, 15) is 4.79 Å². The number of halogens is 1. The molecule has 0 spiro atoms. The molecule has 0 saturated carbocycles. The largest absolute Gasteiger partial charge is 0.461 e. The molecule has 3 heterocycles. The predicted molar refractivity (Wildman–Crippen MR) is 127 cm³/mol. The van der Waals surface area contributed by atoms with E-state index in [0.717, 1.165) is 43.9 Å². The number of nitrogens with zero attached hydrogens (tertiary/aromatic N) is 6. The lowest BCUT2D eigenvalue weighted by atomic mass is 9.99. The van der Waals surface area contributed by atoms with Gasteiger partial charge >= 0.3 is 5.97 Å². The molecule has 3 aromatic rings. The van der Waals surface area contributed by atoms with Gasteiger partial charge in [-0.05, 0) is 18.7 Å². The van der Waals surface area contributed by atoms with E-state index < -0.39 is 0 Å². The number of nitrogen functional groups attached to an aromatic ring is 1. The molecular formula is C23H28ClN7O2. The van der Waals surface area contributed by atoms with E-state index in [2.05, 4.69) is 31.9 Å². The van der Waals surface area contributed by atoms with Crippen LogP contribution in [0.1, 0.15) is 21.5 Å². The molecule has 1 aromatic carbocycles. The summed E-state index contributed by atoms with van der Waals surface area (Å²) in [7, 11) is 3.95. The summed E-state index contributed by atoms with van der Waals surface area (Å²) in [5.74, 6) is -0.238. The number of aryl methyl sites for hydroxylation is 1. The number of carbonyl (C=O) groups excluding carboxylic acids is 1. The van der Waals surface area contributed by atoms with E-state index >= 15 is 0 Å². The Morgan fingerprint density at radius 1 is 1.12 bits per heavy atom. The number of aromatic nitrogens is 4. The van der Waals surface area contributed by atoms with Crippen LogP contribution in [0.3, 0.4) is 0 Å². The Balaban J connectivity index is 1.47. The number of esters is 1. The van der Waals surface area contributed by atoms with Gasteiger partial charge in [0.2, 0.25) is 5.95 Å². The van der Waals surface area contributed by atoms with Gasteiger partial charge in [0.25, 0.3) is 0 Å². The minimum Gasteiger partial charge on any atom is -0.461 e. The molecule has 1 saturated heterocycles. The van der Waals surface area contributed by atoms with Crippen LogP contribution >= 0.6 is 11.6 Å². The molecule has 1 aliphatic rings. The molecule has 10 heteroatoms. The van der Waals surface area contributed by atoms with Gasteiger partial charge in [-0.15, -0.1) is 0 Å². The number of carbonyl (C=O) groups is 1. The van der Waals surface area contributed by atoms with Gasteiger partial charge in [0.15, 0.2) is 0 Å². The fraction of sp³-hybridized carbons (Fsp3) is 0.391. The molecule has 33 heavy (non-hydrogen) atoms. The Morgan fingerprint density at radius 3 is 2.64 bits per heavy atom. The van der Waals surface area contributed by atoms with E-state index in [-0.39, 0.29) is 17.1 Å². The second-order valence-corrected chi connectivity index (χ2v) is 8.61. The lowest BCUT2D eigenvalue weighted by Crippen LogP contribution is -2.45. The number of nitrogens with two attached hydrogens (primary N) is 1. The number of hydrogen-bond donors (Lipinski definition) is 1. The second kappa shape index (κ2) is 10.3. The van der Waals surface area contributed by atoms with E-state index in [1.165, 1.54) is 0 Å². The third-order valence-electron chi connectivity index (χ3n) is 5.71. The van der Waals surface area contributed by atoms with Crippen molar-refractivity contribution in [2.75, 3.05) is 52.1 Å². The second-order valence-electron chi connectivity index (χ2n) is 8.23. The van der Waals surface area contributed by atoms with Crippen molar-refractivity contribution in [1.29, 1.82) is 0 Å². The Bertz CT molecular complexity index is 1110. The van der Waals surface area contributed by atoms with E-state index in [4.69, 9.17) is 22.1 Å². The lowest BCUT2D eigenvalue weighted by molar-refractivity contribution is 0.0431. The van der Waals surface area contributed by atoms with E-state index in [0.29, 0.717) is 30.0 Å². The topological polar surface area (TPSA) is 102 Å². The summed E-state index contributed by atoms with van der Waals surface area (Å²) < 4.78 is 7.32. The number of likely N-dealkylation sites (N-methyl/N-ethyl adjacent to an activating group) is 1. The molecule has 0 bridgehead atoms. The molecule has 0 unspecified atom stereocenters. The molecule has 1 fully saturated rings. The van der Waals surface area contributed by atoms with Gasteiger partial charge in [-0.1, -0.05) is 29.8 Å². The van der Waals surface area contributed by atoms with Crippen molar-refractivity contribution in [1.82, 2.24) is 29.5 Å². The number of rotatable bonds is 7. The maximum atomic E-state index is 12.9. The summed E-state index contributed by atoms with van der Waals surface area (Å²) >= 11 is 6.07. The highest BCUT2D eigenvalue weighted by molar-refractivity contribution is 6.29. The van der Waals surface area contributed by atoms with Crippen LogP contribution in [0, 0.1) is 0 Å². The highest BCUT2D eigenvalue weighted by atomic mass is 35.5. The first-order chi connectivity index (χ1) is 15.9. The Morgan fingerprint density at radius 2 is 1.88 bits per heavy atom. The van der Waals surface area contributed by atoms with Gasteiger partial charge in [0, 0.05) is 64.0 Å². The monoisotopic (exact) mass is 469 g/mol. The van der Waals surface area contributed by atoms with Crippen molar-refractivity contribution in [2.24, 2.45) is 7.05 Å². The van der Waals surface area contributed by atoms with E-state index in [1.807, 2.05) is 31.4 Å². The van der Waals surface area contributed by atoms with Gasteiger partial charge in [0.1, 0.15) is 17.5 Å². The first-order valence-electron chi connectivity index (χ1n) is 10.9. The molecule has 0 aliphatic carbocycles. The van der Waals surface area contributed by atoms with Crippen molar-refractivity contribution in [3.63, 3.8) is 0 Å². The standard InChI is InChI=1S/C23H28ClN7O2/c1-29-7-9-31(10-8-29)11-12-33-22(32)18-6-4-3-5-16(18)13-17-15-30(2)28-21(17)19-14-20(24)27-23(25)26-19/h3-6,14-15H,7-13H2,1-2H3,(H2,25,26,27). The molecule has 0 amide bonds. The molecule has 0 radical (unpaired) electrons. The molecule has 2 aromatic heterocycles. The molecule has 2 N–H and O–H groups in total. The Kier molecular flexibility index (Phi) is 7.22. The molecule has 174 valence electrons. The van der Waals surface area contributed by atoms with Crippen LogP contribution in [0.15, 0.2) is 36.5 Å². The van der Waals surface area contributed by atoms with Gasteiger partial charge in [-0.2, -0.15) is 5.10 Å². The molecule has 9 nitrogen and oxygen atoms in total. The SMILES string of the molecule is CN1CCN(CCOC(=O)c2ccccc2Cc2cn(C)nc2-c2cc(Cl)nc(N)n2)CC1. The zero-order valence-electron chi connectivity index (χ0n) is 18.9. The summed E-state index contributed by atoms with van der Waals surface area (Å²) in [6, 6.07) is 9.10. The molecule has 4 rings (SSSR count). The highest BCUT2D eigenvalue weighted by Gasteiger charge is 2.19. The van der Waals surface area contributed by atoms with Crippen LogP contribution in [0.25, 0.3) is 11.4 Å². The number of anilines is 1. The quantitative estimate of drug-likeness (QED) is 0.414. The zero-order chi connectivity index (χ0) is 23.4. The zero-order valence-corrected chi connectivity index (χ0v) is 19.6. The number of hydrogen-bond acceptors (Lipinski definition) is 8. The van der Waals surface area contributed by atoms with Gasteiger partial charge in [-0.3, -0.25) is 9.58 Å². The van der Waals surface area contributed by atoms with Gasteiger partial charge < -0.3 is 15.4 Å². The van der Waals surface area contributed by atoms with Crippen LogP contribution < -0.4 is 5.73 Å². The Hall–Kier alpha value is -3.01. The normalized spacial score (nSPS) is 15.0. The summed E-state index contributed by atoms with van der Waals surface area (Å²) in [5, 5.41) is 4.78. The summed E-state index contributed by atoms with van der Waals surface area (Å²) in [5.41, 5.74) is 9.24. The van der Waals surface area contributed by atoms with Crippen molar-refractivity contribution in [2.45, 2.75) is 6.42 Å². The summed E-state index contributed by atoms with van der Waals surface area (Å²) in [6.45, 7) is 5.16. The van der Waals surface area contributed by atoms with Crippen molar-refractivity contribution < 1.29 is 9.53 Å². The molecular weight excluding hydrogens is 442 g/mol. The fourth-order valence-corrected chi connectivity index (χ4v) is 4.12. The van der Waals surface area contributed by atoms with Crippen LogP contribution in [0.5, 0.6) is 0 Å². The average Bonchev–Trinajstić information content (AvgIpc) is 3.15. The summed E-state index contributed by atoms with van der Waals surface area (Å²) in [6.07, 6.45) is 2.38. The summed E-state index contributed by atoms with van der Waals surface area (Å²) in [4.78, 5) is 25.7. The predicted octanol–water partition coefficient (Wildman–Crippen LogP) is 2.11. The third kappa shape index (κ3) is 5.87.